The van der Waals surface area contributed by atoms with Crippen molar-refractivity contribution < 1.29 is 42.9 Å². The van der Waals surface area contributed by atoms with Crippen molar-refractivity contribution in [3.05, 3.63) is 48.6 Å². The molecule has 0 amide bonds. The highest BCUT2D eigenvalue weighted by Crippen LogP contribution is 2.16. The molecule has 0 spiro atoms. The van der Waals surface area contributed by atoms with Crippen molar-refractivity contribution in [3.63, 3.8) is 0 Å². The molecule has 0 aliphatic rings. The number of aliphatic carboxylic acids is 1. The summed E-state index contributed by atoms with van der Waals surface area (Å²) in [7, 11) is 5.97. The van der Waals surface area contributed by atoms with Gasteiger partial charge in [-0.15, -0.1) is 0 Å². The lowest BCUT2D eigenvalue weighted by molar-refractivity contribution is -0.870. The van der Waals surface area contributed by atoms with Crippen LogP contribution in [0.1, 0.15) is 258 Å². The predicted molar refractivity (Wildman–Crippen MR) is 290 cm³/mol. The number of quaternary nitrogens is 1. The second-order valence-corrected chi connectivity index (χ2v) is 20.6. The number of likely N-dealkylation sites (N-methyl/N-ethyl adjacent to an activating group) is 1. The Kier molecular flexibility index (Phi) is 49.5. The third kappa shape index (κ3) is 52.9. The summed E-state index contributed by atoms with van der Waals surface area (Å²) in [5.41, 5.74) is 0. The lowest BCUT2D eigenvalue weighted by Gasteiger charge is -2.25. The molecule has 2 unspecified atom stereocenters. The first-order valence-electron chi connectivity index (χ1n) is 28.8. The minimum atomic E-state index is -1.51. The molecule has 402 valence electrons. The molecular weight excluding hydrogens is 863 g/mol. The van der Waals surface area contributed by atoms with Gasteiger partial charge < -0.3 is 28.5 Å². The molecule has 0 aromatic carbocycles. The Bertz CT molecular complexity index is 1270. The van der Waals surface area contributed by atoms with E-state index in [0.717, 1.165) is 70.6 Å². The topological polar surface area (TPSA) is 108 Å². The molecular formula is C60H110NO8+. The van der Waals surface area contributed by atoms with Crippen molar-refractivity contribution >= 4 is 17.9 Å². The highest BCUT2D eigenvalue weighted by atomic mass is 16.7. The zero-order valence-corrected chi connectivity index (χ0v) is 45.7. The largest absolute Gasteiger partial charge is 0.477 e. The van der Waals surface area contributed by atoms with Crippen LogP contribution in [0.3, 0.4) is 0 Å². The van der Waals surface area contributed by atoms with E-state index in [2.05, 4.69) is 62.5 Å². The van der Waals surface area contributed by atoms with E-state index < -0.39 is 24.3 Å². The van der Waals surface area contributed by atoms with Gasteiger partial charge >= 0.3 is 17.9 Å². The minimum Gasteiger partial charge on any atom is -0.477 e. The SMILES string of the molecule is CCCCCCC/C=C\C/C=C\C/C=C\CCCCCCCCCCCCCCCCC(=O)OC(COC(=O)CCCCCCC/C=C\CCCCCCCC)COC(OCC[N+](C)(C)C)C(=O)O. The Morgan fingerprint density at radius 3 is 1.17 bits per heavy atom. The van der Waals surface area contributed by atoms with E-state index in [9.17, 15) is 19.5 Å². The maximum atomic E-state index is 12.9. The van der Waals surface area contributed by atoms with Gasteiger partial charge in [-0.05, 0) is 77.0 Å². The molecule has 0 aliphatic heterocycles. The van der Waals surface area contributed by atoms with Crippen LogP contribution < -0.4 is 0 Å². The number of nitrogens with zero attached hydrogens (tertiary/aromatic N) is 1. The molecule has 0 bridgehead atoms. The van der Waals surface area contributed by atoms with E-state index in [1.807, 2.05) is 21.1 Å². The first-order valence-corrected chi connectivity index (χ1v) is 28.8. The summed E-state index contributed by atoms with van der Waals surface area (Å²) in [4.78, 5) is 37.4. The van der Waals surface area contributed by atoms with Crippen LogP contribution >= 0.6 is 0 Å². The Morgan fingerprint density at radius 1 is 0.435 bits per heavy atom. The molecule has 1 N–H and O–H groups in total. The number of hydrogen-bond donors (Lipinski definition) is 1. The molecule has 0 saturated heterocycles. The van der Waals surface area contributed by atoms with E-state index in [4.69, 9.17) is 18.9 Å². The Morgan fingerprint density at radius 2 is 0.783 bits per heavy atom. The second kappa shape index (κ2) is 51.6. The summed E-state index contributed by atoms with van der Waals surface area (Å²) in [5.74, 6) is -2.01. The number of hydrogen-bond acceptors (Lipinski definition) is 7. The summed E-state index contributed by atoms with van der Waals surface area (Å²) in [6.45, 7) is 4.87. The minimum absolute atomic E-state index is 0.185. The molecule has 9 heteroatoms. The number of carbonyl (C=O) groups is 3. The fourth-order valence-electron chi connectivity index (χ4n) is 8.07. The maximum Gasteiger partial charge on any atom is 0.361 e. The first kappa shape index (κ1) is 66.2. The average Bonchev–Trinajstić information content (AvgIpc) is 3.31. The molecule has 0 aromatic heterocycles. The highest BCUT2D eigenvalue weighted by Gasteiger charge is 2.25. The Hall–Kier alpha value is -2.75. The van der Waals surface area contributed by atoms with Crippen LogP contribution in [0, 0.1) is 0 Å². The second-order valence-electron chi connectivity index (χ2n) is 20.6. The predicted octanol–water partition coefficient (Wildman–Crippen LogP) is 16.7. The monoisotopic (exact) mass is 973 g/mol. The number of ether oxygens (including phenoxy) is 4. The van der Waals surface area contributed by atoms with Crippen LogP contribution in [0.2, 0.25) is 0 Å². The number of carboxylic acid groups (broad SMARTS) is 1. The van der Waals surface area contributed by atoms with Crippen LogP contribution in [-0.2, 0) is 33.3 Å². The highest BCUT2D eigenvalue weighted by molar-refractivity contribution is 5.71. The molecule has 69 heavy (non-hydrogen) atoms. The van der Waals surface area contributed by atoms with E-state index >= 15 is 0 Å². The van der Waals surface area contributed by atoms with Gasteiger partial charge in [0.05, 0.1) is 34.4 Å². The van der Waals surface area contributed by atoms with Crippen LogP contribution in [0.25, 0.3) is 0 Å². The smallest absolute Gasteiger partial charge is 0.361 e. The van der Waals surface area contributed by atoms with Crippen molar-refractivity contribution in [1.29, 1.82) is 0 Å². The average molecular weight is 974 g/mol. The molecule has 0 rings (SSSR count). The number of carbonyl (C=O) groups excluding carboxylic acids is 2. The maximum absolute atomic E-state index is 12.9. The van der Waals surface area contributed by atoms with Gasteiger partial charge in [0.15, 0.2) is 6.10 Å². The fraction of sp³-hybridized carbons (Fsp3) is 0.817. The van der Waals surface area contributed by atoms with Crippen molar-refractivity contribution in [2.45, 2.75) is 270 Å². The molecule has 0 heterocycles. The summed E-state index contributed by atoms with van der Waals surface area (Å²) in [5, 5.41) is 9.69. The molecule has 0 aromatic rings. The zero-order valence-electron chi connectivity index (χ0n) is 45.7. The van der Waals surface area contributed by atoms with E-state index in [1.165, 1.54) is 161 Å². The summed E-state index contributed by atoms with van der Waals surface area (Å²) >= 11 is 0. The summed E-state index contributed by atoms with van der Waals surface area (Å²) < 4.78 is 22.9. The van der Waals surface area contributed by atoms with Gasteiger partial charge in [-0.3, -0.25) is 9.59 Å². The number of esters is 2. The van der Waals surface area contributed by atoms with Gasteiger partial charge in [0.2, 0.25) is 0 Å². The van der Waals surface area contributed by atoms with Gasteiger partial charge in [0.25, 0.3) is 6.29 Å². The van der Waals surface area contributed by atoms with Gasteiger partial charge in [-0.1, -0.05) is 217 Å². The van der Waals surface area contributed by atoms with Crippen LogP contribution in [-0.4, -0.2) is 87.4 Å². The third-order valence-electron chi connectivity index (χ3n) is 12.6. The quantitative estimate of drug-likeness (QED) is 0.0211. The lowest BCUT2D eigenvalue weighted by Crippen LogP contribution is -2.40. The summed E-state index contributed by atoms with van der Waals surface area (Å²) in [6, 6.07) is 0. The van der Waals surface area contributed by atoms with Crippen LogP contribution in [0.5, 0.6) is 0 Å². The Labute approximate surface area is 425 Å². The van der Waals surface area contributed by atoms with Crippen molar-refractivity contribution in [2.24, 2.45) is 0 Å². The number of allylic oxidation sites excluding steroid dienone is 8. The third-order valence-corrected chi connectivity index (χ3v) is 12.6. The molecule has 9 nitrogen and oxygen atoms in total. The fourth-order valence-corrected chi connectivity index (χ4v) is 8.07. The van der Waals surface area contributed by atoms with E-state index in [-0.39, 0.29) is 32.2 Å². The van der Waals surface area contributed by atoms with Gasteiger partial charge in [0, 0.05) is 12.8 Å². The van der Waals surface area contributed by atoms with Gasteiger partial charge in [-0.2, -0.15) is 0 Å². The molecule has 0 radical (unpaired) electrons. The van der Waals surface area contributed by atoms with Crippen LogP contribution in [0.15, 0.2) is 48.6 Å². The Balaban J connectivity index is 4.19. The molecule has 2 atom stereocenters. The van der Waals surface area contributed by atoms with Crippen LogP contribution in [0.4, 0.5) is 0 Å². The van der Waals surface area contributed by atoms with Gasteiger partial charge in [-0.25, -0.2) is 4.79 Å². The lowest BCUT2D eigenvalue weighted by atomic mass is 10.0. The molecule has 0 saturated carbocycles. The number of carboxylic acids is 1. The van der Waals surface area contributed by atoms with Gasteiger partial charge in [0.1, 0.15) is 13.2 Å². The number of unbranched alkanes of at least 4 members (excludes halogenated alkanes) is 30. The molecule has 0 aliphatic carbocycles. The first-order chi connectivity index (χ1) is 33.6. The van der Waals surface area contributed by atoms with Crippen molar-refractivity contribution in [3.8, 4) is 0 Å². The van der Waals surface area contributed by atoms with Crippen molar-refractivity contribution in [1.82, 2.24) is 0 Å². The van der Waals surface area contributed by atoms with E-state index in [1.54, 1.807) is 0 Å². The standard InChI is InChI=1S/C60H109NO8/c1-6-8-10-12-14-16-18-20-22-23-24-25-26-27-28-29-30-31-32-33-34-35-37-39-41-43-45-47-49-51-58(63)69-56(55-68-60(59(64)65)66-53-52-61(3,4)5)54-67-57(62)50-48-46-44-42-40-38-36-21-19-17-15-13-11-9-7-2/h18,20-21,23-24,26-27,36,56,60H,6-17,19,22,25,28-35,37-55H2,1-5H3/p+1/b20-18-,24-23-,27-26-,36-21-. The molecule has 0 fully saturated rings. The normalized spacial score (nSPS) is 13.1. The number of rotatable bonds is 53. The zero-order chi connectivity index (χ0) is 50.6. The van der Waals surface area contributed by atoms with E-state index in [0.29, 0.717) is 17.4 Å². The van der Waals surface area contributed by atoms with Crippen molar-refractivity contribution in [2.75, 3.05) is 47.5 Å². The summed E-state index contributed by atoms with van der Waals surface area (Å²) in [6.07, 6.45) is 60.4.